The number of amides is 1. The van der Waals surface area contributed by atoms with Crippen LogP contribution in [0.3, 0.4) is 0 Å². The van der Waals surface area contributed by atoms with Crippen molar-refractivity contribution < 1.29 is 18.5 Å². The molecule has 1 N–H and O–H groups in total. The molecule has 0 fully saturated rings. The topological polar surface area (TPSA) is 77.5 Å². The third kappa shape index (κ3) is 3.29. The molecule has 0 aliphatic carbocycles. The predicted octanol–water partition coefficient (Wildman–Crippen LogP) is 4.59. The van der Waals surface area contributed by atoms with Gasteiger partial charge in [0.05, 0.1) is 13.2 Å². The number of nitrogens with zero attached hydrogens (tertiary/aromatic N) is 1. The zero-order valence-electron chi connectivity index (χ0n) is 14.9. The molecule has 4 rings (SSSR count). The second-order valence-electron chi connectivity index (χ2n) is 6.16. The molecule has 0 aliphatic heterocycles. The molecule has 6 heteroatoms. The molecule has 2 heterocycles. The van der Waals surface area contributed by atoms with Crippen molar-refractivity contribution in [2.24, 2.45) is 0 Å². The maximum atomic E-state index is 12.5. The Morgan fingerprint density at radius 3 is 2.70 bits per heavy atom. The highest BCUT2D eigenvalue weighted by Crippen LogP contribution is 2.31. The van der Waals surface area contributed by atoms with Crippen LogP contribution in [0.4, 0.5) is 0 Å². The molecule has 2 aromatic heterocycles. The number of furan rings is 1. The van der Waals surface area contributed by atoms with Crippen LogP contribution in [0, 0.1) is 0 Å². The number of carbonyl (C=O) groups is 1. The number of fused-ring (bicyclic) bond motifs is 1. The first kappa shape index (κ1) is 16.9. The van der Waals surface area contributed by atoms with Crippen molar-refractivity contribution >= 4 is 16.9 Å². The van der Waals surface area contributed by atoms with Crippen LogP contribution in [-0.2, 0) is 0 Å². The van der Waals surface area contributed by atoms with Gasteiger partial charge in [0, 0.05) is 17.0 Å². The minimum absolute atomic E-state index is 0.217. The highest BCUT2D eigenvalue weighted by Gasteiger charge is 2.19. The van der Waals surface area contributed by atoms with E-state index in [0.717, 1.165) is 10.9 Å². The molecular formula is C21H18N2O4. The number of para-hydroxylation sites is 1. The van der Waals surface area contributed by atoms with Crippen molar-refractivity contribution in [1.82, 2.24) is 10.5 Å². The summed E-state index contributed by atoms with van der Waals surface area (Å²) in [5.41, 5.74) is 1.74. The number of nitrogens with one attached hydrogen (secondary N) is 1. The fourth-order valence-corrected chi connectivity index (χ4v) is 2.89. The lowest BCUT2D eigenvalue weighted by Gasteiger charge is -2.09. The summed E-state index contributed by atoms with van der Waals surface area (Å²) < 4.78 is 16.5. The quantitative estimate of drug-likeness (QED) is 0.562. The predicted molar refractivity (Wildman–Crippen MR) is 101 cm³/mol. The average molecular weight is 362 g/mol. The normalized spacial score (nSPS) is 12.1. The summed E-state index contributed by atoms with van der Waals surface area (Å²) in [6, 6.07) is 18.3. The first-order valence-electron chi connectivity index (χ1n) is 8.55. The zero-order chi connectivity index (χ0) is 18.8. The van der Waals surface area contributed by atoms with Gasteiger partial charge in [-0.15, -0.1) is 0 Å². The SMILES string of the molecule is COc1cccc2cc(C(C)NC(=O)c3cc(-c4ccccc4)on3)oc12. The van der Waals surface area contributed by atoms with Gasteiger partial charge in [0.1, 0.15) is 5.76 Å². The molecule has 4 aromatic rings. The molecule has 0 saturated carbocycles. The van der Waals surface area contributed by atoms with Crippen molar-refractivity contribution in [3.63, 3.8) is 0 Å². The summed E-state index contributed by atoms with van der Waals surface area (Å²) in [6.45, 7) is 1.85. The maximum absolute atomic E-state index is 12.5. The lowest BCUT2D eigenvalue weighted by Crippen LogP contribution is -2.26. The van der Waals surface area contributed by atoms with Crippen molar-refractivity contribution in [3.8, 4) is 17.1 Å². The Morgan fingerprint density at radius 1 is 1.11 bits per heavy atom. The third-order valence-corrected chi connectivity index (χ3v) is 4.32. The first-order chi connectivity index (χ1) is 13.2. The van der Waals surface area contributed by atoms with Crippen LogP contribution in [0.15, 0.2) is 69.6 Å². The van der Waals surface area contributed by atoms with E-state index in [1.807, 2.05) is 61.5 Å². The van der Waals surface area contributed by atoms with Crippen LogP contribution in [0.1, 0.15) is 29.2 Å². The van der Waals surface area contributed by atoms with E-state index in [1.54, 1.807) is 13.2 Å². The summed E-state index contributed by atoms with van der Waals surface area (Å²) in [6.07, 6.45) is 0. The fourth-order valence-electron chi connectivity index (χ4n) is 2.89. The van der Waals surface area contributed by atoms with Crippen LogP contribution in [-0.4, -0.2) is 18.2 Å². The summed E-state index contributed by atoms with van der Waals surface area (Å²) in [4.78, 5) is 12.5. The molecular weight excluding hydrogens is 344 g/mol. The molecule has 136 valence electrons. The van der Waals surface area contributed by atoms with Crippen molar-refractivity contribution in [2.45, 2.75) is 13.0 Å². The lowest BCUT2D eigenvalue weighted by atomic mass is 10.1. The van der Waals surface area contributed by atoms with Crippen molar-refractivity contribution in [2.75, 3.05) is 7.11 Å². The van der Waals surface area contributed by atoms with E-state index in [4.69, 9.17) is 13.7 Å². The molecule has 0 aliphatic rings. The molecule has 1 amide bonds. The largest absolute Gasteiger partial charge is 0.493 e. The number of aromatic nitrogens is 1. The number of benzene rings is 2. The van der Waals surface area contributed by atoms with Crippen molar-refractivity contribution in [1.29, 1.82) is 0 Å². The van der Waals surface area contributed by atoms with E-state index in [0.29, 0.717) is 22.9 Å². The molecule has 0 radical (unpaired) electrons. The van der Waals surface area contributed by atoms with Crippen LogP contribution in [0.25, 0.3) is 22.3 Å². The van der Waals surface area contributed by atoms with Gasteiger partial charge in [-0.1, -0.05) is 47.6 Å². The minimum Gasteiger partial charge on any atom is -0.493 e. The third-order valence-electron chi connectivity index (χ3n) is 4.32. The van der Waals surface area contributed by atoms with Gasteiger partial charge in [-0.05, 0) is 19.1 Å². The molecule has 0 saturated heterocycles. The Morgan fingerprint density at radius 2 is 1.93 bits per heavy atom. The number of rotatable bonds is 5. The Balaban J connectivity index is 1.52. The summed E-state index contributed by atoms with van der Waals surface area (Å²) in [7, 11) is 1.59. The summed E-state index contributed by atoms with van der Waals surface area (Å²) >= 11 is 0. The molecule has 2 aromatic carbocycles. The van der Waals surface area contributed by atoms with Crippen LogP contribution in [0.5, 0.6) is 5.75 Å². The molecule has 0 spiro atoms. The van der Waals surface area contributed by atoms with Crippen LogP contribution in [0.2, 0.25) is 0 Å². The maximum Gasteiger partial charge on any atom is 0.274 e. The molecule has 0 bridgehead atoms. The molecule has 1 unspecified atom stereocenters. The van der Waals surface area contributed by atoms with Gasteiger partial charge in [0.25, 0.3) is 5.91 Å². The molecule has 1 atom stereocenters. The second kappa shape index (κ2) is 6.99. The highest BCUT2D eigenvalue weighted by molar-refractivity contribution is 5.93. The van der Waals surface area contributed by atoms with Crippen molar-refractivity contribution in [3.05, 3.63) is 72.1 Å². The van der Waals surface area contributed by atoms with Crippen LogP contribution >= 0.6 is 0 Å². The van der Waals surface area contributed by atoms with Gasteiger partial charge in [-0.2, -0.15) is 0 Å². The Hall–Kier alpha value is -3.54. The van der Waals surface area contributed by atoms with Gasteiger partial charge < -0.3 is 19.0 Å². The number of methoxy groups -OCH3 is 1. The van der Waals surface area contributed by atoms with Gasteiger partial charge in [0.2, 0.25) is 0 Å². The van der Waals surface area contributed by atoms with Gasteiger partial charge in [0.15, 0.2) is 22.8 Å². The standard InChI is InChI=1S/C21H18N2O4/c1-13(18-11-15-9-6-10-17(25-2)20(15)26-18)22-21(24)16-12-19(27-23-16)14-7-4-3-5-8-14/h3-13H,1-2H3,(H,22,24). The first-order valence-corrected chi connectivity index (χ1v) is 8.55. The smallest absolute Gasteiger partial charge is 0.274 e. The van der Waals surface area contributed by atoms with E-state index in [1.165, 1.54) is 0 Å². The Labute approximate surface area is 155 Å². The Bertz CT molecular complexity index is 1080. The van der Waals surface area contributed by atoms with E-state index < -0.39 is 0 Å². The zero-order valence-corrected chi connectivity index (χ0v) is 14.9. The van der Waals surface area contributed by atoms with E-state index in [2.05, 4.69) is 10.5 Å². The summed E-state index contributed by atoms with van der Waals surface area (Å²) in [5.74, 6) is 1.50. The monoisotopic (exact) mass is 362 g/mol. The van der Waals surface area contributed by atoms with Gasteiger partial charge in [-0.25, -0.2) is 0 Å². The average Bonchev–Trinajstić information content (AvgIpc) is 3.35. The number of ether oxygens (including phenoxy) is 1. The molecule has 27 heavy (non-hydrogen) atoms. The fraction of sp³-hybridized carbons (Fsp3) is 0.143. The summed E-state index contributed by atoms with van der Waals surface area (Å²) in [5, 5.41) is 7.67. The van der Waals surface area contributed by atoms with E-state index >= 15 is 0 Å². The van der Waals surface area contributed by atoms with E-state index in [-0.39, 0.29) is 17.6 Å². The molecule has 6 nitrogen and oxygen atoms in total. The van der Waals surface area contributed by atoms with Gasteiger partial charge >= 0.3 is 0 Å². The number of carbonyl (C=O) groups excluding carboxylic acids is 1. The second-order valence-corrected chi connectivity index (χ2v) is 6.16. The number of hydrogen-bond acceptors (Lipinski definition) is 5. The van der Waals surface area contributed by atoms with E-state index in [9.17, 15) is 4.79 Å². The lowest BCUT2D eigenvalue weighted by molar-refractivity contribution is 0.0926. The number of hydrogen-bond donors (Lipinski definition) is 1. The Kier molecular flexibility index (Phi) is 4.38. The van der Waals surface area contributed by atoms with Gasteiger partial charge in [-0.3, -0.25) is 4.79 Å². The van der Waals surface area contributed by atoms with Crippen LogP contribution < -0.4 is 10.1 Å². The minimum atomic E-state index is -0.341. The highest BCUT2D eigenvalue weighted by atomic mass is 16.5.